The SMILES string of the molecule is CN(CCOc1ccccc1Cl)C(=O)[C@H]1CCCCN1.Cl. The molecule has 1 aromatic carbocycles. The van der Waals surface area contributed by atoms with Crippen LogP contribution < -0.4 is 10.1 Å². The monoisotopic (exact) mass is 332 g/mol. The highest BCUT2D eigenvalue weighted by Crippen LogP contribution is 2.22. The van der Waals surface area contributed by atoms with E-state index in [4.69, 9.17) is 16.3 Å². The number of hydrogen-bond donors (Lipinski definition) is 1. The second-order valence-corrected chi connectivity index (χ2v) is 5.45. The Balaban J connectivity index is 0.00000220. The van der Waals surface area contributed by atoms with Crippen LogP contribution in [0.2, 0.25) is 5.02 Å². The first-order chi connectivity index (χ1) is 9.68. The van der Waals surface area contributed by atoms with Crippen LogP contribution in [-0.2, 0) is 4.79 Å². The van der Waals surface area contributed by atoms with Crippen LogP contribution in [0, 0.1) is 0 Å². The first-order valence-corrected chi connectivity index (χ1v) is 7.42. The Hall–Kier alpha value is -0.970. The molecule has 1 saturated heterocycles. The predicted octanol–water partition coefficient (Wildman–Crippen LogP) is 2.74. The summed E-state index contributed by atoms with van der Waals surface area (Å²) < 4.78 is 5.60. The van der Waals surface area contributed by atoms with Crippen LogP contribution >= 0.6 is 24.0 Å². The molecule has 1 atom stereocenters. The number of ether oxygens (including phenoxy) is 1. The summed E-state index contributed by atoms with van der Waals surface area (Å²) in [6.07, 6.45) is 3.20. The van der Waals surface area contributed by atoms with Gasteiger partial charge in [0.15, 0.2) is 0 Å². The molecule has 1 aliphatic rings. The minimum Gasteiger partial charge on any atom is -0.490 e. The first-order valence-electron chi connectivity index (χ1n) is 7.04. The molecule has 0 aromatic heterocycles. The molecule has 1 heterocycles. The van der Waals surface area contributed by atoms with Crippen molar-refractivity contribution < 1.29 is 9.53 Å². The van der Waals surface area contributed by atoms with Gasteiger partial charge in [0.25, 0.3) is 0 Å². The van der Waals surface area contributed by atoms with Crippen molar-refractivity contribution in [2.45, 2.75) is 25.3 Å². The lowest BCUT2D eigenvalue weighted by Gasteiger charge is -2.27. The Morgan fingerprint density at radius 1 is 1.43 bits per heavy atom. The maximum absolute atomic E-state index is 12.2. The van der Waals surface area contributed by atoms with Gasteiger partial charge in [0.2, 0.25) is 5.91 Å². The number of para-hydroxylation sites is 1. The smallest absolute Gasteiger partial charge is 0.239 e. The molecule has 1 N–H and O–H groups in total. The third-order valence-corrected chi connectivity index (χ3v) is 3.82. The van der Waals surface area contributed by atoms with Gasteiger partial charge in [0, 0.05) is 7.05 Å². The van der Waals surface area contributed by atoms with Crippen molar-refractivity contribution in [2.24, 2.45) is 0 Å². The lowest BCUT2D eigenvalue weighted by atomic mass is 10.0. The van der Waals surface area contributed by atoms with Gasteiger partial charge >= 0.3 is 0 Å². The molecule has 0 radical (unpaired) electrons. The summed E-state index contributed by atoms with van der Waals surface area (Å²) in [5.41, 5.74) is 0. The van der Waals surface area contributed by atoms with Gasteiger partial charge in [-0.15, -0.1) is 12.4 Å². The number of nitrogens with zero attached hydrogens (tertiary/aromatic N) is 1. The maximum atomic E-state index is 12.2. The van der Waals surface area contributed by atoms with Crippen molar-refractivity contribution in [1.82, 2.24) is 10.2 Å². The lowest BCUT2D eigenvalue weighted by Crippen LogP contribution is -2.48. The second-order valence-electron chi connectivity index (χ2n) is 5.04. The molecule has 6 heteroatoms. The van der Waals surface area contributed by atoms with E-state index in [1.165, 1.54) is 0 Å². The number of hydrogen-bond acceptors (Lipinski definition) is 3. The number of nitrogens with one attached hydrogen (secondary N) is 1. The van der Waals surface area contributed by atoms with E-state index in [1.54, 1.807) is 11.0 Å². The van der Waals surface area contributed by atoms with Crippen molar-refractivity contribution in [3.05, 3.63) is 29.3 Å². The molecule has 0 aliphatic carbocycles. The average Bonchev–Trinajstić information content (AvgIpc) is 2.49. The highest BCUT2D eigenvalue weighted by Gasteiger charge is 2.23. The van der Waals surface area contributed by atoms with E-state index < -0.39 is 0 Å². The maximum Gasteiger partial charge on any atom is 0.239 e. The van der Waals surface area contributed by atoms with Gasteiger partial charge < -0.3 is 15.0 Å². The molecule has 4 nitrogen and oxygen atoms in total. The zero-order chi connectivity index (χ0) is 14.4. The molecule has 118 valence electrons. The van der Waals surface area contributed by atoms with E-state index in [0.717, 1.165) is 25.8 Å². The third kappa shape index (κ3) is 5.38. The highest BCUT2D eigenvalue weighted by atomic mass is 35.5. The summed E-state index contributed by atoms with van der Waals surface area (Å²) >= 11 is 6.01. The van der Waals surface area contributed by atoms with Crippen LogP contribution in [-0.4, -0.2) is 43.6 Å². The number of benzene rings is 1. The molecule has 21 heavy (non-hydrogen) atoms. The summed E-state index contributed by atoms with van der Waals surface area (Å²) in [4.78, 5) is 13.9. The van der Waals surface area contributed by atoms with Crippen LogP contribution in [0.1, 0.15) is 19.3 Å². The van der Waals surface area contributed by atoms with Crippen LogP contribution in [0.4, 0.5) is 0 Å². The van der Waals surface area contributed by atoms with Gasteiger partial charge in [0.1, 0.15) is 12.4 Å². The molecule has 1 fully saturated rings. The van der Waals surface area contributed by atoms with Gasteiger partial charge in [-0.05, 0) is 31.5 Å². The highest BCUT2D eigenvalue weighted by molar-refractivity contribution is 6.32. The number of carbonyl (C=O) groups is 1. The Kier molecular flexibility index (Phi) is 7.86. The van der Waals surface area contributed by atoms with Gasteiger partial charge in [-0.25, -0.2) is 0 Å². The third-order valence-electron chi connectivity index (χ3n) is 3.51. The van der Waals surface area contributed by atoms with Crippen LogP contribution in [0.25, 0.3) is 0 Å². The molecule has 1 aliphatic heterocycles. The van der Waals surface area contributed by atoms with Crippen LogP contribution in [0.5, 0.6) is 5.75 Å². The molecule has 1 amide bonds. The molecule has 0 bridgehead atoms. The summed E-state index contributed by atoms with van der Waals surface area (Å²) in [5.74, 6) is 0.804. The minimum absolute atomic E-state index is 0. The zero-order valence-corrected chi connectivity index (χ0v) is 13.8. The summed E-state index contributed by atoms with van der Waals surface area (Å²) in [6.45, 7) is 1.93. The molecule has 0 unspecified atom stereocenters. The number of likely N-dealkylation sites (N-methyl/N-ethyl adjacent to an activating group) is 1. The van der Waals surface area contributed by atoms with Gasteiger partial charge in [-0.2, -0.15) is 0 Å². The van der Waals surface area contributed by atoms with Gasteiger partial charge in [-0.1, -0.05) is 30.2 Å². The number of halogens is 2. The van der Waals surface area contributed by atoms with E-state index >= 15 is 0 Å². The molecule has 0 saturated carbocycles. The Labute approximate surface area is 137 Å². The lowest BCUT2D eigenvalue weighted by molar-refractivity contribution is -0.133. The fourth-order valence-corrected chi connectivity index (χ4v) is 2.48. The van der Waals surface area contributed by atoms with Gasteiger partial charge in [0.05, 0.1) is 17.6 Å². The van der Waals surface area contributed by atoms with E-state index in [2.05, 4.69) is 5.32 Å². The first kappa shape index (κ1) is 18.1. The number of carbonyl (C=O) groups excluding carboxylic acids is 1. The van der Waals surface area contributed by atoms with E-state index in [9.17, 15) is 4.79 Å². The van der Waals surface area contributed by atoms with Crippen molar-refractivity contribution >= 4 is 29.9 Å². The normalized spacial score (nSPS) is 17.7. The van der Waals surface area contributed by atoms with Crippen LogP contribution in [0.3, 0.4) is 0 Å². The summed E-state index contributed by atoms with van der Waals surface area (Å²) in [6, 6.07) is 7.32. The topological polar surface area (TPSA) is 41.6 Å². The number of piperidine rings is 1. The Morgan fingerprint density at radius 3 is 2.86 bits per heavy atom. The summed E-state index contributed by atoms with van der Waals surface area (Å²) in [7, 11) is 1.81. The van der Waals surface area contributed by atoms with Crippen molar-refractivity contribution in [3.8, 4) is 5.75 Å². The zero-order valence-electron chi connectivity index (χ0n) is 12.2. The Bertz CT molecular complexity index is 451. The number of rotatable bonds is 5. The minimum atomic E-state index is -0.0333. The van der Waals surface area contributed by atoms with Crippen molar-refractivity contribution in [1.29, 1.82) is 0 Å². The fourth-order valence-electron chi connectivity index (χ4n) is 2.29. The summed E-state index contributed by atoms with van der Waals surface area (Å²) in [5, 5.41) is 3.86. The molecular formula is C15H22Cl2N2O2. The largest absolute Gasteiger partial charge is 0.490 e. The molecular weight excluding hydrogens is 311 g/mol. The van der Waals surface area contributed by atoms with Crippen LogP contribution in [0.15, 0.2) is 24.3 Å². The van der Waals surface area contributed by atoms with E-state index in [1.807, 2.05) is 25.2 Å². The quantitative estimate of drug-likeness (QED) is 0.901. The van der Waals surface area contributed by atoms with Crippen molar-refractivity contribution in [2.75, 3.05) is 26.7 Å². The Morgan fingerprint density at radius 2 is 2.19 bits per heavy atom. The molecule has 2 rings (SSSR count). The standard InChI is InChI=1S/C15H21ClN2O2.ClH/c1-18(15(19)13-7-4-5-9-17-13)10-11-20-14-8-3-2-6-12(14)16;/h2-3,6,8,13,17H,4-5,7,9-11H2,1H3;1H/t13-;/m1./s1. The predicted molar refractivity (Wildman–Crippen MR) is 87.5 cm³/mol. The molecule has 0 spiro atoms. The second kappa shape index (κ2) is 9.13. The average molecular weight is 333 g/mol. The van der Waals surface area contributed by atoms with E-state index in [-0.39, 0.29) is 24.4 Å². The van der Waals surface area contributed by atoms with Gasteiger partial charge in [-0.3, -0.25) is 4.79 Å². The van der Waals surface area contributed by atoms with Crippen molar-refractivity contribution in [3.63, 3.8) is 0 Å². The fraction of sp³-hybridized carbons (Fsp3) is 0.533. The number of amides is 1. The molecule has 1 aromatic rings. The van der Waals surface area contributed by atoms with E-state index in [0.29, 0.717) is 23.9 Å².